The van der Waals surface area contributed by atoms with Gasteiger partial charge in [0.2, 0.25) is 0 Å². The van der Waals surface area contributed by atoms with Gasteiger partial charge in [0.15, 0.2) is 0 Å². The Kier molecular flexibility index (Phi) is 4.21. The van der Waals surface area contributed by atoms with Crippen molar-refractivity contribution in [2.45, 2.75) is 0 Å². The second-order valence-corrected chi connectivity index (χ2v) is 6.14. The van der Waals surface area contributed by atoms with Gasteiger partial charge in [-0.2, -0.15) is 0 Å². The molecule has 5 heteroatoms. The van der Waals surface area contributed by atoms with Crippen molar-refractivity contribution in [1.82, 2.24) is 9.88 Å². The summed E-state index contributed by atoms with van der Waals surface area (Å²) < 4.78 is 0. The van der Waals surface area contributed by atoms with Crippen LogP contribution in [0.3, 0.4) is 0 Å². The number of pyridine rings is 1. The number of nitrogens with zero attached hydrogens (tertiary/aromatic N) is 3. The number of hydrogen-bond donors (Lipinski definition) is 1. The monoisotopic (exact) mass is 332 g/mol. The molecule has 0 spiro atoms. The van der Waals surface area contributed by atoms with E-state index in [4.69, 9.17) is 0 Å². The number of fused-ring (bicyclic) bond motifs is 1. The molecule has 126 valence electrons. The Morgan fingerprint density at radius 1 is 0.920 bits per heavy atom. The highest BCUT2D eigenvalue weighted by atomic mass is 16.2. The summed E-state index contributed by atoms with van der Waals surface area (Å²) in [5, 5.41) is 5.31. The van der Waals surface area contributed by atoms with Crippen LogP contribution in [0.1, 0.15) is 0 Å². The fourth-order valence-corrected chi connectivity index (χ4v) is 3.26. The zero-order valence-electron chi connectivity index (χ0n) is 13.9. The Labute approximate surface area is 146 Å². The van der Waals surface area contributed by atoms with Crippen LogP contribution in [0, 0.1) is 0 Å². The molecule has 1 aliphatic rings. The highest BCUT2D eigenvalue weighted by Crippen LogP contribution is 2.27. The summed E-state index contributed by atoms with van der Waals surface area (Å²) in [6, 6.07) is 17.9. The third kappa shape index (κ3) is 3.26. The molecule has 1 N–H and O–H groups in total. The summed E-state index contributed by atoms with van der Waals surface area (Å²) in [5.74, 6) is 0. The minimum Gasteiger partial charge on any atom is -0.367 e. The molecule has 1 aliphatic heterocycles. The molecule has 4 rings (SSSR count). The topological polar surface area (TPSA) is 48.5 Å². The predicted molar refractivity (Wildman–Crippen MR) is 101 cm³/mol. The maximum Gasteiger partial charge on any atom is 0.321 e. The van der Waals surface area contributed by atoms with Crippen LogP contribution in [0.25, 0.3) is 10.8 Å². The van der Waals surface area contributed by atoms with Gasteiger partial charge in [0, 0.05) is 60.7 Å². The number of amides is 2. The van der Waals surface area contributed by atoms with Crippen LogP contribution in [0.15, 0.2) is 67.0 Å². The first-order valence-corrected chi connectivity index (χ1v) is 8.50. The van der Waals surface area contributed by atoms with E-state index in [1.54, 1.807) is 0 Å². The standard InChI is InChI=1S/C20H20N4O/c25-20(22-17-6-2-1-3-7-17)24-13-11-23(12-14-24)19-8-4-5-16-15-21-10-9-18(16)19/h1-10,15H,11-14H2,(H,22,25). The smallest absolute Gasteiger partial charge is 0.321 e. The van der Waals surface area contributed by atoms with Gasteiger partial charge in [0.05, 0.1) is 0 Å². The lowest BCUT2D eigenvalue weighted by Crippen LogP contribution is -2.50. The first-order chi connectivity index (χ1) is 12.3. The Morgan fingerprint density at radius 2 is 1.72 bits per heavy atom. The lowest BCUT2D eigenvalue weighted by molar-refractivity contribution is 0.208. The van der Waals surface area contributed by atoms with E-state index in [-0.39, 0.29) is 6.03 Å². The molecule has 1 saturated heterocycles. The lowest BCUT2D eigenvalue weighted by atomic mass is 10.1. The number of urea groups is 1. The van der Waals surface area contributed by atoms with E-state index < -0.39 is 0 Å². The van der Waals surface area contributed by atoms with Crippen molar-refractivity contribution in [3.8, 4) is 0 Å². The number of hydrogen-bond acceptors (Lipinski definition) is 3. The average Bonchev–Trinajstić information content (AvgIpc) is 2.68. The molecule has 1 aromatic heterocycles. The van der Waals surface area contributed by atoms with Crippen molar-refractivity contribution in [1.29, 1.82) is 0 Å². The van der Waals surface area contributed by atoms with Crippen LogP contribution < -0.4 is 10.2 Å². The minimum absolute atomic E-state index is 0.0343. The largest absolute Gasteiger partial charge is 0.367 e. The molecule has 0 saturated carbocycles. The first-order valence-electron chi connectivity index (χ1n) is 8.50. The Morgan fingerprint density at radius 3 is 2.52 bits per heavy atom. The summed E-state index contributed by atoms with van der Waals surface area (Å²) in [7, 11) is 0. The van der Waals surface area contributed by atoms with E-state index in [1.165, 1.54) is 11.1 Å². The summed E-state index contributed by atoms with van der Waals surface area (Å²) in [6.45, 7) is 3.06. The van der Waals surface area contributed by atoms with Crippen LogP contribution >= 0.6 is 0 Å². The molecular formula is C20H20N4O. The number of nitrogens with one attached hydrogen (secondary N) is 1. The number of rotatable bonds is 2. The van der Waals surface area contributed by atoms with Gasteiger partial charge < -0.3 is 15.1 Å². The Bertz CT molecular complexity index is 868. The summed E-state index contributed by atoms with van der Waals surface area (Å²) >= 11 is 0. The number of benzene rings is 2. The van der Waals surface area contributed by atoms with Crippen LogP contribution in [0.4, 0.5) is 16.2 Å². The van der Waals surface area contributed by atoms with Gasteiger partial charge in [0.1, 0.15) is 0 Å². The summed E-state index contributed by atoms with van der Waals surface area (Å²) in [5.41, 5.74) is 2.04. The van der Waals surface area contributed by atoms with Gasteiger partial charge >= 0.3 is 6.03 Å². The van der Waals surface area contributed by atoms with Crippen LogP contribution in [0.5, 0.6) is 0 Å². The molecule has 2 aromatic carbocycles. The molecule has 0 aliphatic carbocycles. The molecule has 1 fully saturated rings. The number of aromatic nitrogens is 1. The molecule has 0 bridgehead atoms. The van der Waals surface area contributed by atoms with Crippen LogP contribution in [-0.2, 0) is 0 Å². The van der Waals surface area contributed by atoms with Crippen molar-refractivity contribution in [3.05, 3.63) is 67.0 Å². The highest BCUT2D eigenvalue weighted by molar-refractivity contribution is 5.94. The molecule has 0 radical (unpaired) electrons. The van der Waals surface area contributed by atoms with Gasteiger partial charge in [-0.1, -0.05) is 30.3 Å². The molecular weight excluding hydrogens is 312 g/mol. The number of anilines is 2. The average molecular weight is 332 g/mol. The zero-order chi connectivity index (χ0) is 17.1. The van der Waals surface area contributed by atoms with Crippen molar-refractivity contribution in [2.24, 2.45) is 0 Å². The third-order valence-corrected chi connectivity index (χ3v) is 4.59. The normalized spacial score (nSPS) is 14.6. The Balaban J connectivity index is 1.43. The molecule has 25 heavy (non-hydrogen) atoms. The highest BCUT2D eigenvalue weighted by Gasteiger charge is 2.22. The van der Waals surface area contributed by atoms with Crippen molar-refractivity contribution >= 4 is 28.2 Å². The number of carbonyl (C=O) groups excluding carboxylic acids is 1. The zero-order valence-corrected chi connectivity index (χ0v) is 13.9. The van der Waals surface area contributed by atoms with Gasteiger partial charge in [-0.05, 0) is 24.3 Å². The minimum atomic E-state index is -0.0343. The van der Waals surface area contributed by atoms with Crippen LogP contribution in [0.2, 0.25) is 0 Å². The van der Waals surface area contributed by atoms with E-state index >= 15 is 0 Å². The van der Waals surface area contributed by atoms with E-state index in [2.05, 4.69) is 39.5 Å². The van der Waals surface area contributed by atoms with Crippen molar-refractivity contribution in [3.63, 3.8) is 0 Å². The van der Waals surface area contributed by atoms with Crippen molar-refractivity contribution < 1.29 is 4.79 Å². The second kappa shape index (κ2) is 6.81. The first kappa shape index (κ1) is 15.4. The fourth-order valence-electron chi connectivity index (χ4n) is 3.26. The third-order valence-electron chi connectivity index (χ3n) is 4.59. The second-order valence-electron chi connectivity index (χ2n) is 6.14. The lowest BCUT2D eigenvalue weighted by Gasteiger charge is -2.36. The number of piperazine rings is 1. The molecule has 2 heterocycles. The predicted octanol–water partition coefficient (Wildman–Crippen LogP) is 3.59. The molecule has 0 atom stereocenters. The molecule has 3 aromatic rings. The quantitative estimate of drug-likeness (QED) is 0.780. The number of para-hydroxylation sites is 1. The van der Waals surface area contributed by atoms with Gasteiger partial charge in [-0.25, -0.2) is 4.79 Å². The van der Waals surface area contributed by atoms with Crippen molar-refractivity contribution in [2.75, 3.05) is 36.4 Å². The summed E-state index contributed by atoms with van der Waals surface area (Å²) in [4.78, 5) is 20.8. The van der Waals surface area contributed by atoms with Gasteiger partial charge in [-0.3, -0.25) is 4.98 Å². The fraction of sp³-hybridized carbons (Fsp3) is 0.200. The molecule has 2 amide bonds. The molecule has 0 unspecified atom stereocenters. The summed E-state index contributed by atoms with van der Waals surface area (Å²) in [6.07, 6.45) is 3.72. The Hall–Kier alpha value is -3.08. The van der Waals surface area contributed by atoms with E-state index in [0.29, 0.717) is 13.1 Å². The van der Waals surface area contributed by atoms with E-state index in [0.717, 1.165) is 24.2 Å². The van der Waals surface area contributed by atoms with Crippen LogP contribution in [-0.4, -0.2) is 42.1 Å². The molecule has 5 nitrogen and oxygen atoms in total. The van der Waals surface area contributed by atoms with E-state index in [1.807, 2.05) is 47.6 Å². The van der Waals surface area contributed by atoms with Gasteiger partial charge in [-0.15, -0.1) is 0 Å². The number of carbonyl (C=O) groups is 1. The SMILES string of the molecule is O=C(Nc1ccccc1)N1CCN(c2cccc3cnccc23)CC1. The van der Waals surface area contributed by atoms with E-state index in [9.17, 15) is 4.79 Å². The van der Waals surface area contributed by atoms with Gasteiger partial charge in [0.25, 0.3) is 0 Å². The maximum atomic E-state index is 12.4. The maximum absolute atomic E-state index is 12.4.